The van der Waals surface area contributed by atoms with E-state index in [1.165, 1.54) is 0 Å². The van der Waals surface area contributed by atoms with Crippen LogP contribution in [0.1, 0.15) is 0 Å². The minimum Gasteiger partial charge on any atom is -0.282 e. The SMILES string of the molecule is CS(=O)(=O)Nc1c(-c2ccccc2)c(-c2ccccc2)nc2ccc(Br)cc12. The topological polar surface area (TPSA) is 59.1 Å². The third kappa shape index (κ3) is 3.79. The van der Waals surface area contributed by atoms with Crippen molar-refractivity contribution in [2.24, 2.45) is 0 Å². The number of nitrogens with one attached hydrogen (secondary N) is 1. The molecule has 6 heteroatoms. The molecule has 140 valence electrons. The Balaban J connectivity index is 2.17. The predicted octanol–water partition coefficient (Wildman–Crippen LogP) is 5.70. The number of halogens is 1. The van der Waals surface area contributed by atoms with Gasteiger partial charge < -0.3 is 0 Å². The molecule has 0 bridgehead atoms. The Morgan fingerprint density at radius 1 is 0.857 bits per heavy atom. The van der Waals surface area contributed by atoms with Crippen molar-refractivity contribution in [2.45, 2.75) is 0 Å². The summed E-state index contributed by atoms with van der Waals surface area (Å²) in [5, 5.41) is 0.735. The zero-order valence-electron chi connectivity index (χ0n) is 15.1. The van der Waals surface area contributed by atoms with Gasteiger partial charge in [-0.25, -0.2) is 13.4 Å². The summed E-state index contributed by atoms with van der Waals surface area (Å²) in [6.07, 6.45) is 1.16. The fourth-order valence-electron chi connectivity index (χ4n) is 3.22. The quantitative estimate of drug-likeness (QED) is 0.431. The Bertz CT molecular complexity index is 1260. The Morgan fingerprint density at radius 2 is 1.46 bits per heavy atom. The molecule has 4 rings (SSSR count). The second-order valence-electron chi connectivity index (χ2n) is 6.48. The molecule has 1 heterocycles. The van der Waals surface area contributed by atoms with Crippen molar-refractivity contribution < 1.29 is 8.42 Å². The van der Waals surface area contributed by atoms with E-state index in [1.807, 2.05) is 78.9 Å². The largest absolute Gasteiger partial charge is 0.282 e. The lowest BCUT2D eigenvalue weighted by Crippen LogP contribution is -2.12. The number of fused-ring (bicyclic) bond motifs is 1. The van der Waals surface area contributed by atoms with Gasteiger partial charge in [-0.15, -0.1) is 0 Å². The number of sulfonamides is 1. The van der Waals surface area contributed by atoms with Gasteiger partial charge in [-0.05, 0) is 23.8 Å². The van der Waals surface area contributed by atoms with Gasteiger partial charge in [0.15, 0.2) is 0 Å². The van der Waals surface area contributed by atoms with E-state index in [-0.39, 0.29) is 0 Å². The average Bonchev–Trinajstić information content (AvgIpc) is 2.68. The summed E-state index contributed by atoms with van der Waals surface area (Å²) in [5.41, 5.74) is 4.53. The molecule has 0 unspecified atom stereocenters. The minimum atomic E-state index is -3.50. The van der Waals surface area contributed by atoms with Gasteiger partial charge in [0, 0.05) is 21.0 Å². The second kappa shape index (κ2) is 7.37. The van der Waals surface area contributed by atoms with E-state index in [2.05, 4.69) is 20.7 Å². The molecular formula is C22H17BrN2O2S. The van der Waals surface area contributed by atoms with E-state index in [0.29, 0.717) is 11.2 Å². The molecule has 28 heavy (non-hydrogen) atoms. The van der Waals surface area contributed by atoms with Crippen molar-refractivity contribution >= 4 is 42.5 Å². The smallest absolute Gasteiger partial charge is 0.229 e. The van der Waals surface area contributed by atoms with Crippen LogP contribution in [0.4, 0.5) is 5.69 Å². The fraction of sp³-hybridized carbons (Fsp3) is 0.0455. The van der Waals surface area contributed by atoms with Gasteiger partial charge in [-0.1, -0.05) is 76.6 Å². The average molecular weight is 453 g/mol. The van der Waals surface area contributed by atoms with E-state index < -0.39 is 10.0 Å². The number of pyridine rings is 1. The van der Waals surface area contributed by atoms with Crippen LogP contribution in [0.3, 0.4) is 0 Å². The minimum absolute atomic E-state index is 0.527. The molecule has 0 spiro atoms. The monoisotopic (exact) mass is 452 g/mol. The van der Waals surface area contributed by atoms with E-state index in [4.69, 9.17) is 4.98 Å². The molecule has 1 aromatic heterocycles. The number of rotatable bonds is 4. The van der Waals surface area contributed by atoms with Crippen LogP contribution in [0.15, 0.2) is 83.3 Å². The summed E-state index contributed by atoms with van der Waals surface area (Å²) >= 11 is 3.49. The summed E-state index contributed by atoms with van der Waals surface area (Å²) in [6.45, 7) is 0. The van der Waals surface area contributed by atoms with Gasteiger partial charge in [0.05, 0.1) is 23.2 Å². The maximum absolute atomic E-state index is 12.2. The lowest BCUT2D eigenvalue weighted by atomic mass is 9.95. The maximum atomic E-state index is 12.2. The first-order chi connectivity index (χ1) is 13.4. The van der Waals surface area contributed by atoms with Crippen molar-refractivity contribution in [1.29, 1.82) is 0 Å². The first-order valence-corrected chi connectivity index (χ1v) is 11.3. The highest BCUT2D eigenvalue weighted by atomic mass is 79.9. The normalized spacial score (nSPS) is 11.5. The highest BCUT2D eigenvalue weighted by Crippen LogP contribution is 2.42. The van der Waals surface area contributed by atoms with Crippen LogP contribution >= 0.6 is 15.9 Å². The number of anilines is 1. The Morgan fingerprint density at radius 3 is 2.07 bits per heavy atom. The van der Waals surface area contributed by atoms with Gasteiger partial charge in [0.25, 0.3) is 0 Å². The highest BCUT2D eigenvalue weighted by Gasteiger charge is 2.20. The van der Waals surface area contributed by atoms with Gasteiger partial charge in [0.1, 0.15) is 0 Å². The van der Waals surface area contributed by atoms with Crippen molar-refractivity contribution in [2.75, 3.05) is 11.0 Å². The summed E-state index contributed by atoms with van der Waals surface area (Å²) < 4.78 is 28.0. The van der Waals surface area contributed by atoms with Crippen LogP contribution < -0.4 is 4.72 Å². The molecule has 3 aromatic carbocycles. The second-order valence-corrected chi connectivity index (χ2v) is 9.14. The van der Waals surface area contributed by atoms with Crippen molar-refractivity contribution in [3.8, 4) is 22.4 Å². The van der Waals surface area contributed by atoms with Gasteiger partial charge in [-0.3, -0.25) is 4.72 Å². The van der Waals surface area contributed by atoms with Crippen LogP contribution in [-0.4, -0.2) is 19.7 Å². The highest BCUT2D eigenvalue weighted by molar-refractivity contribution is 9.10. The third-order valence-corrected chi connectivity index (χ3v) is 5.41. The van der Waals surface area contributed by atoms with Crippen LogP contribution in [0, 0.1) is 0 Å². The van der Waals surface area contributed by atoms with Crippen molar-refractivity contribution in [3.63, 3.8) is 0 Å². The van der Waals surface area contributed by atoms with E-state index in [9.17, 15) is 8.42 Å². The van der Waals surface area contributed by atoms with Crippen LogP contribution in [-0.2, 0) is 10.0 Å². The van der Waals surface area contributed by atoms with Gasteiger partial charge in [-0.2, -0.15) is 0 Å². The molecule has 0 saturated heterocycles. The molecule has 0 fully saturated rings. The molecule has 0 saturated carbocycles. The Labute approximate surface area is 172 Å². The van der Waals surface area contributed by atoms with Crippen LogP contribution in [0.25, 0.3) is 33.3 Å². The fourth-order valence-corrected chi connectivity index (χ4v) is 4.16. The first kappa shape index (κ1) is 18.7. The van der Waals surface area contributed by atoms with Gasteiger partial charge in [0.2, 0.25) is 10.0 Å². The van der Waals surface area contributed by atoms with Crippen LogP contribution in [0.5, 0.6) is 0 Å². The lowest BCUT2D eigenvalue weighted by Gasteiger charge is -2.18. The summed E-state index contributed by atoms with van der Waals surface area (Å²) in [6, 6.07) is 25.2. The van der Waals surface area contributed by atoms with Crippen LogP contribution in [0.2, 0.25) is 0 Å². The maximum Gasteiger partial charge on any atom is 0.229 e. The van der Waals surface area contributed by atoms with E-state index >= 15 is 0 Å². The number of benzene rings is 3. The predicted molar refractivity (Wildman–Crippen MR) is 119 cm³/mol. The molecule has 0 aliphatic heterocycles. The molecule has 0 radical (unpaired) electrons. The molecule has 0 amide bonds. The number of nitrogens with zero attached hydrogens (tertiary/aromatic N) is 1. The first-order valence-electron chi connectivity index (χ1n) is 8.64. The molecule has 4 nitrogen and oxygen atoms in total. The zero-order chi connectivity index (χ0) is 19.7. The standard InChI is InChI=1S/C22H17BrN2O2S/c1-28(26,27)25-22-18-14-17(23)12-13-19(18)24-21(16-10-6-3-7-11-16)20(22)15-8-4-2-5-9-15/h2-14H,1H3,(H,24,25). The van der Waals surface area contributed by atoms with E-state index in [0.717, 1.165) is 38.5 Å². The zero-order valence-corrected chi connectivity index (χ0v) is 17.5. The summed E-state index contributed by atoms with van der Waals surface area (Å²) in [4.78, 5) is 4.90. The van der Waals surface area contributed by atoms with Crippen molar-refractivity contribution in [3.05, 3.63) is 83.3 Å². The molecule has 0 aliphatic rings. The van der Waals surface area contributed by atoms with E-state index in [1.54, 1.807) is 0 Å². The Kier molecular flexibility index (Phi) is 4.91. The number of hydrogen-bond donors (Lipinski definition) is 1. The molecule has 0 atom stereocenters. The molecule has 0 aliphatic carbocycles. The molecular weight excluding hydrogens is 436 g/mol. The van der Waals surface area contributed by atoms with Crippen molar-refractivity contribution in [1.82, 2.24) is 4.98 Å². The Hall–Kier alpha value is -2.70. The lowest BCUT2D eigenvalue weighted by molar-refractivity contribution is 0.607. The number of aromatic nitrogens is 1. The van der Waals surface area contributed by atoms with Gasteiger partial charge >= 0.3 is 0 Å². The summed E-state index contributed by atoms with van der Waals surface area (Å²) in [7, 11) is -3.50. The summed E-state index contributed by atoms with van der Waals surface area (Å²) in [5.74, 6) is 0. The molecule has 1 N–H and O–H groups in total. The third-order valence-electron chi connectivity index (χ3n) is 4.34. The molecule has 4 aromatic rings. The number of hydrogen-bond acceptors (Lipinski definition) is 3.